The number of rotatable bonds is 1. The third kappa shape index (κ3) is 3.43. The van der Waals surface area contributed by atoms with E-state index in [1.54, 1.807) is 6.07 Å². The van der Waals surface area contributed by atoms with E-state index in [-0.39, 0.29) is 18.7 Å². The second-order valence-corrected chi connectivity index (χ2v) is 6.01. The summed E-state index contributed by atoms with van der Waals surface area (Å²) in [6.45, 7) is 6.05. The maximum Gasteiger partial charge on any atom is 0.410 e. The highest BCUT2D eigenvalue weighted by Crippen LogP contribution is 2.34. The topological polar surface area (TPSA) is 55.3 Å². The molecule has 1 amide bonds. The Morgan fingerprint density at radius 1 is 1.30 bits per heavy atom. The van der Waals surface area contributed by atoms with Gasteiger partial charge in [-0.25, -0.2) is 19.2 Å². The van der Waals surface area contributed by atoms with Gasteiger partial charge in [0.05, 0.1) is 0 Å². The number of halogens is 1. The van der Waals surface area contributed by atoms with Gasteiger partial charge in [0.1, 0.15) is 5.60 Å². The lowest BCUT2D eigenvalue weighted by Gasteiger charge is -2.36. The summed E-state index contributed by atoms with van der Waals surface area (Å²) in [6.07, 6.45) is 3.05. The highest BCUT2D eigenvalue weighted by atomic mass is 19.1. The Morgan fingerprint density at radius 2 is 1.85 bits per heavy atom. The van der Waals surface area contributed by atoms with Crippen LogP contribution < -0.4 is 0 Å². The van der Waals surface area contributed by atoms with E-state index >= 15 is 0 Å². The molecule has 1 aromatic heterocycles. The normalized spacial score (nSPS) is 18.7. The predicted octanol–water partition coefficient (Wildman–Crippen LogP) is 2.67. The van der Waals surface area contributed by atoms with E-state index in [9.17, 15) is 9.18 Å². The van der Waals surface area contributed by atoms with Crippen molar-refractivity contribution in [2.75, 3.05) is 13.1 Å². The van der Waals surface area contributed by atoms with Crippen molar-refractivity contribution in [3.8, 4) is 0 Å². The molecule has 0 aliphatic carbocycles. The second-order valence-electron chi connectivity index (χ2n) is 6.01. The Hall–Kier alpha value is -1.72. The highest BCUT2D eigenvalue weighted by molar-refractivity contribution is 5.68. The molecule has 0 N–H and O–H groups in total. The molecule has 2 heterocycles. The molecule has 1 aliphatic rings. The van der Waals surface area contributed by atoms with Gasteiger partial charge in [-0.2, -0.15) is 0 Å². The smallest absolute Gasteiger partial charge is 0.410 e. The largest absolute Gasteiger partial charge is 0.444 e. The van der Waals surface area contributed by atoms with Crippen LogP contribution in [0.15, 0.2) is 18.5 Å². The van der Waals surface area contributed by atoms with E-state index in [1.165, 1.54) is 17.3 Å². The molecule has 0 atom stereocenters. The first kappa shape index (κ1) is 14.7. The SMILES string of the molecule is CC(C)(C)OC(=O)N1CCC(F)(c2ncccn2)CC1. The van der Waals surface area contributed by atoms with E-state index < -0.39 is 17.4 Å². The van der Waals surface area contributed by atoms with Crippen LogP contribution in [0.5, 0.6) is 0 Å². The average molecular weight is 281 g/mol. The van der Waals surface area contributed by atoms with Crippen molar-refractivity contribution >= 4 is 6.09 Å². The van der Waals surface area contributed by atoms with E-state index in [1.807, 2.05) is 20.8 Å². The zero-order chi connectivity index (χ0) is 14.8. The number of nitrogens with zero attached hydrogens (tertiary/aromatic N) is 3. The zero-order valence-electron chi connectivity index (χ0n) is 12.1. The summed E-state index contributed by atoms with van der Waals surface area (Å²) in [7, 11) is 0. The van der Waals surface area contributed by atoms with Gasteiger partial charge in [0.25, 0.3) is 0 Å². The maximum atomic E-state index is 14.8. The van der Waals surface area contributed by atoms with Gasteiger partial charge in [-0.15, -0.1) is 0 Å². The number of hydrogen-bond acceptors (Lipinski definition) is 4. The monoisotopic (exact) mass is 281 g/mol. The van der Waals surface area contributed by atoms with E-state index in [2.05, 4.69) is 9.97 Å². The lowest BCUT2D eigenvalue weighted by molar-refractivity contribution is 0.000170. The van der Waals surface area contributed by atoms with Crippen molar-refractivity contribution < 1.29 is 13.9 Å². The van der Waals surface area contributed by atoms with Gasteiger partial charge < -0.3 is 9.64 Å². The molecule has 0 unspecified atom stereocenters. The van der Waals surface area contributed by atoms with E-state index in [0.29, 0.717) is 13.1 Å². The lowest BCUT2D eigenvalue weighted by atomic mass is 9.92. The fourth-order valence-electron chi connectivity index (χ4n) is 2.12. The highest BCUT2D eigenvalue weighted by Gasteiger charge is 2.40. The van der Waals surface area contributed by atoms with Gasteiger partial charge in [0.2, 0.25) is 0 Å². The average Bonchev–Trinajstić information content (AvgIpc) is 2.38. The van der Waals surface area contributed by atoms with Crippen molar-refractivity contribution in [2.24, 2.45) is 0 Å². The maximum absolute atomic E-state index is 14.8. The molecule has 1 aromatic rings. The van der Waals surface area contributed by atoms with Crippen LogP contribution in [0.2, 0.25) is 0 Å². The van der Waals surface area contributed by atoms with Crippen LogP contribution in [-0.2, 0) is 10.4 Å². The van der Waals surface area contributed by atoms with Crippen molar-refractivity contribution in [1.82, 2.24) is 14.9 Å². The number of aromatic nitrogens is 2. The van der Waals surface area contributed by atoms with Crippen LogP contribution in [0.4, 0.5) is 9.18 Å². The molecule has 0 aromatic carbocycles. The minimum atomic E-state index is -1.56. The standard InChI is InChI=1S/C14H20FN3O2/c1-13(2,3)20-12(19)18-9-5-14(15,6-10-18)11-16-7-4-8-17-11/h4,7-8H,5-6,9-10H2,1-3H3. The van der Waals surface area contributed by atoms with E-state index in [0.717, 1.165) is 0 Å². The Balaban J connectivity index is 1.97. The van der Waals surface area contributed by atoms with Crippen molar-refractivity contribution in [3.05, 3.63) is 24.3 Å². The number of piperidine rings is 1. The molecule has 1 saturated heterocycles. The van der Waals surface area contributed by atoms with Gasteiger partial charge in [0.15, 0.2) is 11.5 Å². The molecule has 110 valence electrons. The molecule has 0 saturated carbocycles. The quantitative estimate of drug-likeness (QED) is 0.794. The third-order valence-corrected chi connectivity index (χ3v) is 3.17. The van der Waals surface area contributed by atoms with Crippen LogP contribution in [-0.4, -0.2) is 39.7 Å². The van der Waals surface area contributed by atoms with Gasteiger partial charge in [-0.1, -0.05) is 0 Å². The molecule has 1 aliphatic heterocycles. The molecular formula is C14H20FN3O2. The van der Waals surface area contributed by atoms with Crippen LogP contribution >= 0.6 is 0 Å². The number of hydrogen-bond donors (Lipinski definition) is 0. The van der Waals surface area contributed by atoms with Gasteiger partial charge in [-0.05, 0) is 26.8 Å². The summed E-state index contributed by atoms with van der Waals surface area (Å²) in [5.74, 6) is 0.198. The van der Waals surface area contributed by atoms with Crippen LogP contribution in [0, 0.1) is 0 Å². The predicted molar refractivity (Wildman–Crippen MR) is 71.9 cm³/mol. The van der Waals surface area contributed by atoms with Crippen LogP contribution in [0.1, 0.15) is 39.4 Å². The Labute approximate surface area is 118 Å². The number of alkyl halides is 1. The summed E-state index contributed by atoms with van der Waals surface area (Å²) in [4.78, 5) is 21.4. The first-order chi connectivity index (χ1) is 9.30. The van der Waals surface area contributed by atoms with E-state index in [4.69, 9.17) is 4.74 Å². The Kier molecular flexibility index (Phi) is 3.92. The molecular weight excluding hydrogens is 261 g/mol. The third-order valence-electron chi connectivity index (χ3n) is 3.17. The van der Waals surface area contributed by atoms with Crippen molar-refractivity contribution in [2.45, 2.75) is 44.9 Å². The number of carbonyl (C=O) groups is 1. The molecule has 20 heavy (non-hydrogen) atoms. The molecule has 2 rings (SSSR count). The summed E-state index contributed by atoms with van der Waals surface area (Å²) in [5, 5.41) is 0. The molecule has 0 bridgehead atoms. The number of amides is 1. The van der Waals surface area contributed by atoms with Gasteiger partial charge >= 0.3 is 6.09 Å². The summed E-state index contributed by atoms with van der Waals surface area (Å²) < 4.78 is 20.1. The molecule has 6 heteroatoms. The molecule has 0 spiro atoms. The summed E-state index contributed by atoms with van der Waals surface area (Å²) in [6, 6.07) is 1.66. The lowest BCUT2D eigenvalue weighted by Crippen LogP contribution is -2.45. The minimum Gasteiger partial charge on any atom is -0.444 e. The van der Waals surface area contributed by atoms with Crippen molar-refractivity contribution in [1.29, 1.82) is 0 Å². The molecule has 5 nitrogen and oxygen atoms in total. The van der Waals surface area contributed by atoms with Crippen LogP contribution in [0.25, 0.3) is 0 Å². The van der Waals surface area contributed by atoms with Crippen molar-refractivity contribution in [3.63, 3.8) is 0 Å². The second kappa shape index (κ2) is 5.34. The first-order valence-corrected chi connectivity index (χ1v) is 6.74. The fraction of sp³-hybridized carbons (Fsp3) is 0.643. The Bertz CT molecular complexity index is 465. The summed E-state index contributed by atoms with van der Waals surface area (Å²) >= 11 is 0. The zero-order valence-corrected chi connectivity index (χ0v) is 12.1. The fourth-order valence-corrected chi connectivity index (χ4v) is 2.12. The van der Waals surface area contributed by atoms with Gasteiger partial charge in [0, 0.05) is 38.3 Å². The number of likely N-dealkylation sites (tertiary alicyclic amines) is 1. The van der Waals surface area contributed by atoms with Gasteiger partial charge in [-0.3, -0.25) is 0 Å². The molecule has 1 fully saturated rings. The number of carbonyl (C=O) groups excluding carboxylic acids is 1. The Morgan fingerprint density at radius 3 is 2.35 bits per heavy atom. The molecule has 0 radical (unpaired) electrons. The minimum absolute atomic E-state index is 0.191. The first-order valence-electron chi connectivity index (χ1n) is 6.74. The van der Waals surface area contributed by atoms with Crippen LogP contribution in [0.3, 0.4) is 0 Å². The summed E-state index contributed by atoms with van der Waals surface area (Å²) in [5.41, 5.74) is -2.09. The number of ether oxygens (including phenoxy) is 1.